The zero-order valence-electron chi connectivity index (χ0n) is 9.09. The van der Waals surface area contributed by atoms with E-state index in [1.54, 1.807) is 12.5 Å². The van der Waals surface area contributed by atoms with E-state index in [1.807, 2.05) is 24.3 Å². The van der Waals surface area contributed by atoms with E-state index >= 15 is 0 Å². The van der Waals surface area contributed by atoms with Gasteiger partial charge in [-0.15, -0.1) is 0 Å². The summed E-state index contributed by atoms with van der Waals surface area (Å²) < 4.78 is 5.15. The maximum Gasteiger partial charge on any atom is 0.255 e. The maximum absolute atomic E-state index is 8.69. The molecular formula is C13H11NO2S. The predicted molar refractivity (Wildman–Crippen MR) is 66.5 cm³/mol. The van der Waals surface area contributed by atoms with Gasteiger partial charge < -0.3 is 9.52 Å². The van der Waals surface area contributed by atoms with E-state index in [2.05, 4.69) is 16.8 Å². The number of nitrogens with zero attached hydrogens (tertiary/aromatic N) is 1. The van der Waals surface area contributed by atoms with Gasteiger partial charge >= 0.3 is 0 Å². The van der Waals surface area contributed by atoms with Crippen molar-refractivity contribution in [1.29, 1.82) is 0 Å². The SMILES string of the molecule is OCC#Cc1ccccc1CSc1ncco1. The minimum Gasteiger partial charge on any atom is -0.440 e. The highest BCUT2D eigenvalue weighted by atomic mass is 32.2. The molecule has 1 aromatic heterocycles. The van der Waals surface area contributed by atoms with Crippen molar-refractivity contribution < 1.29 is 9.52 Å². The van der Waals surface area contributed by atoms with Gasteiger partial charge in [-0.1, -0.05) is 41.8 Å². The van der Waals surface area contributed by atoms with E-state index in [4.69, 9.17) is 9.52 Å². The van der Waals surface area contributed by atoms with Crippen LogP contribution >= 0.6 is 11.8 Å². The second-order valence-electron chi connectivity index (χ2n) is 3.20. The molecule has 86 valence electrons. The van der Waals surface area contributed by atoms with Crippen LogP contribution in [0.15, 0.2) is 46.4 Å². The molecule has 1 aromatic carbocycles. The van der Waals surface area contributed by atoms with Crippen LogP contribution in [0.2, 0.25) is 0 Å². The highest BCUT2D eigenvalue weighted by Gasteiger charge is 2.03. The molecule has 4 heteroatoms. The Morgan fingerprint density at radius 3 is 3.00 bits per heavy atom. The highest BCUT2D eigenvalue weighted by Crippen LogP contribution is 2.22. The third-order valence-corrected chi connectivity index (χ3v) is 2.98. The average molecular weight is 245 g/mol. The maximum atomic E-state index is 8.69. The van der Waals surface area contributed by atoms with Crippen molar-refractivity contribution in [3.63, 3.8) is 0 Å². The predicted octanol–water partition coefficient (Wildman–Crippen LogP) is 2.31. The number of hydrogen-bond donors (Lipinski definition) is 1. The first-order chi connectivity index (χ1) is 8.40. The standard InChI is InChI=1S/C13H11NO2S/c15-8-3-6-11-4-1-2-5-12(11)10-17-13-14-7-9-16-13/h1-2,4-5,7,9,15H,8,10H2. The molecule has 3 nitrogen and oxygen atoms in total. The molecule has 0 saturated carbocycles. The summed E-state index contributed by atoms with van der Waals surface area (Å²) in [6.07, 6.45) is 3.18. The summed E-state index contributed by atoms with van der Waals surface area (Å²) in [6, 6.07) is 7.85. The molecule has 0 radical (unpaired) electrons. The van der Waals surface area contributed by atoms with Crippen LogP contribution in [0.3, 0.4) is 0 Å². The fraction of sp³-hybridized carbons (Fsp3) is 0.154. The second-order valence-corrected chi connectivity index (χ2v) is 4.13. The van der Waals surface area contributed by atoms with Gasteiger partial charge in [0.25, 0.3) is 5.22 Å². The summed E-state index contributed by atoms with van der Waals surface area (Å²) in [5.41, 5.74) is 2.04. The Labute approximate surface area is 104 Å². The third-order valence-electron chi connectivity index (χ3n) is 2.08. The van der Waals surface area contributed by atoms with Crippen LogP contribution in [0.4, 0.5) is 0 Å². The van der Waals surface area contributed by atoms with Crippen LogP contribution in [0, 0.1) is 11.8 Å². The molecule has 0 bridgehead atoms. The van der Waals surface area contributed by atoms with Crippen molar-refractivity contribution in [2.75, 3.05) is 6.61 Å². The lowest BCUT2D eigenvalue weighted by atomic mass is 10.1. The quantitative estimate of drug-likeness (QED) is 0.666. The molecule has 0 saturated heterocycles. The van der Waals surface area contributed by atoms with Crippen LogP contribution in [0.1, 0.15) is 11.1 Å². The number of rotatable bonds is 3. The van der Waals surface area contributed by atoms with E-state index in [-0.39, 0.29) is 6.61 Å². The van der Waals surface area contributed by atoms with Gasteiger partial charge in [0.15, 0.2) is 0 Å². The van der Waals surface area contributed by atoms with Gasteiger partial charge in [-0.3, -0.25) is 0 Å². The van der Waals surface area contributed by atoms with Crippen LogP contribution < -0.4 is 0 Å². The Bertz CT molecular complexity index is 526. The summed E-state index contributed by atoms with van der Waals surface area (Å²) >= 11 is 1.52. The molecule has 0 aliphatic rings. The fourth-order valence-electron chi connectivity index (χ4n) is 1.32. The topological polar surface area (TPSA) is 46.3 Å². The number of aliphatic hydroxyl groups is 1. The van der Waals surface area contributed by atoms with Crippen molar-refractivity contribution in [2.24, 2.45) is 0 Å². The van der Waals surface area contributed by atoms with Crippen molar-refractivity contribution in [2.45, 2.75) is 11.0 Å². The largest absolute Gasteiger partial charge is 0.440 e. The monoisotopic (exact) mass is 245 g/mol. The summed E-state index contributed by atoms with van der Waals surface area (Å²) in [6.45, 7) is -0.124. The number of oxazole rings is 1. The molecule has 0 aliphatic carbocycles. The summed E-state index contributed by atoms with van der Waals surface area (Å²) in [4.78, 5) is 4.04. The highest BCUT2D eigenvalue weighted by molar-refractivity contribution is 7.98. The Kier molecular flexibility index (Phi) is 4.25. The molecule has 0 amide bonds. The van der Waals surface area contributed by atoms with Gasteiger partial charge in [0, 0.05) is 11.3 Å². The first kappa shape index (κ1) is 11.8. The lowest BCUT2D eigenvalue weighted by molar-refractivity contribution is 0.350. The molecule has 1 N–H and O–H groups in total. The van der Waals surface area contributed by atoms with Gasteiger partial charge in [-0.2, -0.15) is 0 Å². The van der Waals surface area contributed by atoms with E-state index in [9.17, 15) is 0 Å². The molecule has 0 unspecified atom stereocenters. The smallest absolute Gasteiger partial charge is 0.255 e. The number of aromatic nitrogens is 1. The van der Waals surface area contributed by atoms with Crippen LogP contribution in [0.5, 0.6) is 0 Å². The number of thioether (sulfide) groups is 1. The molecule has 2 rings (SSSR count). The molecule has 1 heterocycles. The first-order valence-electron chi connectivity index (χ1n) is 5.10. The van der Waals surface area contributed by atoms with E-state index in [1.165, 1.54) is 11.8 Å². The Morgan fingerprint density at radius 1 is 1.35 bits per heavy atom. The van der Waals surface area contributed by atoms with Crippen LogP contribution in [-0.4, -0.2) is 16.7 Å². The van der Waals surface area contributed by atoms with Gasteiger partial charge in [0.2, 0.25) is 0 Å². The third kappa shape index (κ3) is 3.38. The number of aliphatic hydroxyl groups excluding tert-OH is 1. The van der Waals surface area contributed by atoms with Crippen LogP contribution in [0.25, 0.3) is 0 Å². The van der Waals surface area contributed by atoms with E-state index in [0.29, 0.717) is 5.22 Å². The van der Waals surface area contributed by atoms with E-state index < -0.39 is 0 Å². The van der Waals surface area contributed by atoms with Gasteiger partial charge in [-0.25, -0.2) is 4.98 Å². The number of hydrogen-bond acceptors (Lipinski definition) is 4. The molecule has 0 spiro atoms. The van der Waals surface area contributed by atoms with Crippen molar-refractivity contribution >= 4 is 11.8 Å². The van der Waals surface area contributed by atoms with E-state index in [0.717, 1.165) is 16.9 Å². The lowest BCUT2D eigenvalue weighted by Gasteiger charge is -2.01. The Morgan fingerprint density at radius 2 is 2.24 bits per heavy atom. The normalized spacial score (nSPS) is 9.71. The molecule has 0 aliphatic heterocycles. The van der Waals surface area contributed by atoms with Crippen LogP contribution in [-0.2, 0) is 5.75 Å². The van der Waals surface area contributed by atoms with Crippen molar-refractivity contribution in [3.05, 3.63) is 47.9 Å². The minimum absolute atomic E-state index is 0.124. The lowest BCUT2D eigenvalue weighted by Crippen LogP contribution is -1.87. The summed E-state index contributed by atoms with van der Waals surface area (Å²) in [5.74, 6) is 6.33. The van der Waals surface area contributed by atoms with Gasteiger partial charge in [0.05, 0.1) is 6.20 Å². The number of benzene rings is 1. The van der Waals surface area contributed by atoms with Gasteiger partial charge in [-0.05, 0) is 11.6 Å². The fourth-order valence-corrected chi connectivity index (χ4v) is 2.11. The average Bonchev–Trinajstić information content (AvgIpc) is 2.88. The summed E-state index contributed by atoms with van der Waals surface area (Å²) in [7, 11) is 0. The zero-order chi connectivity index (χ0) is 11.9. The first-order valence-corrected chi connectivity index (χ1v) is 6.08. The van der Waals surface area contributed by atoms with Crippen molar-refractivity contribution in [1.82, 2.24) is 4.98 Å². The molecule has 17 heavy (non-hydrogen) atoms. The summed E-state index contributed by atoms with van der Waals surface area (Å²) in [5, 5.41) is 9.34. The van der Waals surface area contributed by atoms with Gasteiger partial charge in [0.1, 0.15) is 12.9 Å². The Hall–Kier alpha value is -1.70. The second kappa shape index (κ2) is 6.14. The molecule has 0 atom stereocenters. The van der Waals surface area contributed by atoms with Crippen molar-refractivity contribution in [3.8, 4) is 11.8 Å². The molecule has 0 fully saturated rings. The Balaban J connectivity index is 2.09. The minimum atomic E-state index is -0.124. The zero-order valence-corrected chi connectivity index (χ0v) is 9.91. The molecular weight excluding hydrogens is 234 g/mol. The molecule has 2 aromatic rings.